The highest BCUT2D eigenvalue weighted by molar-refractivity contribution is 7.99. The zero-order valence-electron chi connectivity index (χ0n) is 17.7. The smallest absolute Gasteiger partial charge is 0.287 e. The van der Waals surface area contributed by atoms with E-state index in [2.05, 4.69) is 20.8 Å². The minimum atomic E-state index is -0.513. The van der Waals surface area contributed by atoms with Gasteiger partial charge in [0.2, 0.25) is 5.91 Å². The average Bonchev–Trinajstić information content (AvgIpc) is 3.43. The Morgan fingerprint density at radius 2 is 2.09 bits per heavy atom. The van der Waals surface area contributed by atoms with E-state index in [1.165, 1.54) is 30.2 Å². The van der Waals surface area contributed by atoms with Crippen LogP contribution in [0.3, 0.4) is 0 Å². The van der Waals surface area contributed by atoms with Crippen molar-refractivity contribution in [2.24, 2.45) is 0 Å². The van der Waals surface area contributed by atoms with Gasteiger partial charge in [-0.15, -0.1) is 10.2 Å². The summed E-state index contributed by atoms with van der Waals surface area (Å²) in [4.78, 5) is 35.1. The van der Waals surface area contributed by atoms with Gasteiger partial charge in [0.25, 0.3) is 11.6 Å². The lowest BCUT2D eigenvalue weighted by molar-refractivity contribution is -0.384. The molecular formula is C20H22N6O5S. The molecule has 11 nitrogen and oxygen atoms in total. The van der Waals surface area contributed by atoms with Gasteiger partial charge >= 0.3 is 0 Å². The summed E-state index contributed by atoms with van der Waals surface area (Å²) < 4.78 is 6.90. The van der Waals surface area contributed by atoms with Crippen molar-refractivity contribution in [1.29, 1.82) is 0 Å². The molecule has 0 aliphatic heterocycles. The van der Waals surface area contributed by atoms with Crippen LogP contribution in [0.1, 0.15) is 41.8 Å². The van der Waals surface area contributed by atoms with Crippen molar-refractivity contribution < 1.29 is 18.9 Å². The highest BCUT2D eigenvalue weighted by Gasteiger charge is 2.21. The van der Waals surface area contributed by atoms with Crippen LogP contribution in [0.4, 0.5) is 11.4 Å². The number of anilines is 1. The number of furan rings is 1. The lowest BCUT2D eigenvalue weighted by Gasteiger charge is -2.14. The van der Waals surface area contributed by atoms with Crippen molar-refractivity contribution in [2.45, 2.75) is 38.5 Å². The summed E-state index contributed by atoms with van der Waals surface area (Å²) in [6.07, 6.45) is 1.42. The maximum atomic E-state index is 12.4. The molecule has 12 heteroatoms. The SMILES string of the molecule is CCn1c(SCC(=O)Nc2cc([N+](=O)[O-])ccc2C)nnc1[C@H](C)NC(=O)c1ccco1. The zero-order chi connectivity index (χ0) is 23.3. The van der Waals surface area contributed by atoms with Gasteiger partial charge in [-0.25, -0.2) is 0 Å². The van der Waals surface area contributed by atoms with E-state index in [9.17, 15) is 19.7 Å². The fourth-order valence-corrected chi connectivity index (χ4v) is 3.75. The molecule has 0 unspecified atom stereocenters. The maximum Gasteiger partial charge on any atom is 0.287 e. The number of amides is 2. The van der Waals surface area contributed by atoms with Gasteiger partial charge in [-0.3, -0.25) is 19.7 Å². The summed E-state index contributed by atoms with van der Waals surface area (Å²) in [6.45, 7) is 5.98. The Balaban J connectivity index is 1.64. The Morgan fingerprint density at radius 3 is 2.75 bits per heavy atom. The molecule has 0 saturated carbocycles. The number of rotatable bonds is 9. The second kappa shape index (κ2) is 10.1. The normalized spacial score (nSPS) is 11.7. The van der Waals surface area contributed by atoms with Crippen LogP contribution in [0.25, 0.3) is 0 Å². The molecule has 0 spiro atoms. The van der Waals surface area contributed by atoms with Gasteiger partial charge in [-0.05, 0) is 38.5 Å². The summed E-state index contributed by atoms with van der Waals surface area (Å²) in [5.41, 5.74) is 1.00. The molecule has 3 aromatic rings. The van der Waals surface area contributed by atoms with Gasteiger partial charge in [0, 0.05) is 18.7 Å². The molecule has 0 saturated heterocycles. The Hall–Kier alpha value is -3.67. The molecule has 0 aliphatic carbocycles. The number of carbonyl (C=O) groups excluding carboxylic acids is 2. The number of carbonyl (C=O) groups is 2. The zero-order valence-corrected chi connectivity index (χ0v) is 18.5. The van der Waals surface area contributed by atoms with E-state index < -0.39 is 11.0 Å². The molecule has 1 aromatic carbocycles. The molecule has 1 atom stereocenters. The monoisotopic (exact) mass is 458 g/mol. The Morgan fingerprint density at radius 1 is 1.31 bits per heavy atom. The first-order chi connectivity index (χ1) is 15.3. The molecule has 2 N–H and O–H groups in total. The fourth-order valence-electron chi connectivity index (χ4n) is 2.94. The summed E-state index contributed by atoms with van der Waals surface area (Å²) >= 11 is 1.18. The van der Waals surface area contributed by atoms with E-state index in [0.717, 1.165) is 0 Å². The quantitative estimate of drug-likeness (QED) is 0.282. The molecule has 3 rings (SSSR count). The van der Waals surface area contributed by atoms with Crippen LogP contribution in [-0.2, 0) is 11.3 Å². The number of nitro benzene ring substituents is 1. The van der Waals surface area contributed by atoms with E-state index in [0.29, 0.717) is 28.8 Å². The molecule has 0 radical (unpaired) electrons. The van der Waals surface area contributed by atoms with E-state index in [1.54, 1.807) is 32.0 Å². The number of aromatic nitrogens is 3. The number of nitro groups is 1. The largest absolute Gasteiger partial charge is 0.459 e. The average molecular weight is 459 g/mol. The van der Waals surface area contributed by atoms with Gasteiger partial charge in [0.05, 0.1) is 28.7 Å². The maximum absolute atomic E-state index is 12.4. The van der Waals surface area contributed by atoms with Crippen LogP contribution in [0, 0.1) is 17.0 Å². The van der Waals surface area contributed by atoms with Crippen LogP contribution in [0.5, 0.6) is 0 Å². The molecule has 2 aromatic heterocycles. The van der Waals surface area contributed by atoms with Gasteiger partial charge in [-0.1, -0.05) is 17.8 Å². The first-order valence-corrected chi connectivity index (χ1v) is 10.7. The van der Waals surface area contributed by atoms with E-state index in [-0.39, 0.29) is 29.0 Å². The Bertz CT molecular complexity index is 1130. The summed E-state index contributed by atoms with van der Waals surface area (Å²) in [5, 5.41) is 25.3. The second-order valence-electron chi connectivity index (χ2n) is 6.85. The lowest BCUT2D eigenvalue weighted by atomic mass is 10.2. The fraction of sp³-hybridized carbons (Fsp3) is 0.300. The molecule has 2 amide bonds. The summed E-state index contributed by atoms with van der Waals surface area (Å²) in [6, 6.07) is 7.05. The second-order valence-corrected chi connectivity index (χ2v) is 7.79. The van der Waals surface area contributed by atoms with Crippen LogP contribution >= 0.6 is 11.8 Å². The van der Waals surface area contributed by atoms with Crippen LogP contribution in [-0.4, -0.2) is 37.3 Å². The molecule has 0 aliphatic rings. The first-order valence-electron chi connectivity index (χ1n) is 9.75. The number of nitrogens with zero attached hydrogens (tertiary/aromatic N) is 4. The number of aryl methyl sites for hydroxylation is 1. The third-order valence-electron chi connectivity index (χ3n) is 4.58. The highest BCUT2D eigenvalue weighted by Crippen LogP contribution is 2.24. The van der Waals surface area contributed by atoms with Crippen molar-refractivity contribution >= 4 is 35.0 Å². The third-order valence-corrected chi connectivity index (χ3v) is 5.55. The number of hydrogen-bond donors (Lipinski definition) is 2. The molecule has 2 heterocycles. The van der Waals surface area contributed by atoms with Gasteiger partial charge in [0.1, 0.15) is 0 Å². The molecule has 168 valence electrons. The van der Waals surface area contributed by atoms with Crippen LogP contribution in [0.15, 0.2) is 46.2 Å². The minimum absolute atomic E-state index is 0.0351. The van der Waals surface area contributed by atoms with Crippen LogP contribution < -0.4 is 10.6 Å². The minimum Gasteiger partial charge on any atom is -0.459 e. The Kier molecular flexibility index (Phi) is 7.25. The topological polar surface area (TPSA) is 145 Å². The molecular weight excluding hydrogens is 436 g/mol. The van der Waals surface area contributed by atoms with Crippen molar-refractivity contribution in [3.05, 3.63) is 63.9 Å². The standard InChI is InChI=1S/C20H22N6O5S/c1-4-25-18(13(3)21-19(28)16-6-5-9-31-16)23-24-20(25)32-11-17(27)22-15-10-14(26(29)30)8-7-12(15)2/h5-10,13H,4,11H2,1-3H3,(H,21,28)(H,22,27)/t13-/m0/s1. The number of nitrogens with one attached hydrogen (secondary N) is 2. The van der Waals surface area contributed by atoms with Gasteiger partial charge in [0.15, 0.2) is 16.7 Å². The summed E-state index contributed by atoms with van der Waals surface area (Å²) in [7, 11) is 0. The van der Waals surface area contributed by atoms with Crippen molar-refractivity contribution in [1.82, 2.24) is 20.1 Å². The van der Waals surface area contributed by atoms with E-state index >= 15 is 0 Å². The predicted molar refractivity (Wildman–Crippen MR) is 117 cm³/mol. The van der Waals surface area contributed by atoms with E-state index in [4.69, 9.17) is 4.42 Å². The van der Waals surface area contributed by atoms with Crippen LogP contribution in [0.2, 0.25) is 0 Å². The molecule has 0 fully saturated rings. The number of thioether (sulfide) groups is 1. The highest BCUT2D eigenvalue weighted by atomic mass is 32.2. The number of non-ortho nitro benzene ring substituents is 1. The first kappa shape index (κ1) is 23.0. The van der Waals surface area contributed by atoms with Crippen molar-refractivity contribution in [3.63, 3.8) is 0 Å². The predicted octanol–water partition coefficient (Wildman–Crippen LogP) is 3.33. The lowest BCUT2D eigenvalue weighted by Crippen LogP contribution is -2.28. The van der Waals surface area contributed by atoms with Crippen molar-refractivity contribution in [2.75, 3.05) is 11.1 Å². The van der Waals surface area contributed by atoms with Crippen molar-refractivity contribution in [3.8, 4) is 0 Å². The van der Waals surface area contributed by atoms with Gasteiger partial charge < -0.3 is 19.6 Å². The Labute approximate surface area is 187 Å². The number of benzene rings is 1. The number of hydrogen-bond acceptors (Lipinski definition) is 8. The molecule has 32 heavy (non-hydrogen) atoms. The molecule has 0 bridgehead atoms. The summed E-state index contributed by atoms with van der Waals surface area (Å²) in [5.74, 6) is 0.0823. The van der Waals surface area contributed by atoms with E-state index in [1.807, 2.05) is 11.5 Å². The van der Waals surface area contributed by atoms with Gasteiger partial charge in [-0.2, -0.15) is 0 Å². The third kappa shape index (κ3) is 5.32.